The average Bonchev–Trinajstić information content (AvgIpc) is 2.84. The van der Waals surface area contributed by atoms with Crippen LogP contribution in [0.25, 0.3) is 10.8 Å². The molecule has 0 saturated heterocycles. The zero-order valence-corrected chi connectivity index (χ0v) is 20.6. The third-order valence-corrected chi connectivity index (χ3v) is 6.66. The molecule has 0 aromatic heterocycles. The van der Waals surface area contributed by atoms with Crippen LogP contribution < -0.4 is 10.1 Å². The van der Waals surface area contributed by atoms with E-state index in [1.54, 1.807) is 55.5 Å². The first-order valence-corrected chi connectivity index (χ1v) is 12.3. The van der Waals surface area contributed by atoms with Gasteiger partial charge in [-0.2, -0.15) is 8.42 Å². The van der Waals surface area contributed by atoms with Gasteiger partial charge in [-0.3, -0.25) is 9.35 Å². The van der Waals surface area contributed by atoms with Gasteiger partial charge < -0.3 is 15.2 Å². The summed E-state index contributed by atoms with van der Waals surface area (Å²) in [4.78, 5) is 12.6. The van der Waals surface area contributed by atoms with E-state index < -0.39 is 26.7 Å². The average molecular weight is 526 g/mol. The fourth-order valence-corrected chi connectivity index (χ4v) is 4.43. The lowest BCUT2D eigenvalue weighted by molar-refractivity contribution is 0.102. The first-order chi connectivity index (χ1) is 17.1. The third-order valence-electron chi connectivity index (χ3n) is 5.37. The van der Waals surface area contributed by atoms with E-state index in [-0.39, 0.29) is 22.0 Å². The van der Waals surface area contributed by atoms with Crippen LogP contribution in [0, 0.1) is 6.92 Å². The van der Waals surface area contributed by atoms with Crippen molar-refractivity contribution in [3.8, 4) is 11.5 Å². The number of benzene rings is 4. The number of halogens is 1. The number of carbonyl (C=O) groups excluding carboxylic acids is 1. The zero-order chi connectivity index (χ0) is 26.0. The Kier molecular flexibility index (Phi) is 6.93. The molecule has 0 bridgehead atoms. The van der Waals surface area contributed by atoms with E-state index in [0.29, 0.717) is 27.8 Å². The number of phenolic OH excluding ortho intramolecular Hbond substituents is 1. The van der Waals surface area contributed by atoms with Gasteiger partial charge >= 0.3 is 0 Å². The van der Waals surface area contributed by atoms with Crippen molar-refractivity contribution in [3.63, 3.8) is 0 Å². The van der Waals surface area contributed by atoms with Gasteiger partial charge in [-0.05, 0) is 48.2 Å². The smallest absolute Gasteiger partial charge is 0.296 e. The van der Waals surface area contributed by atoms with Crippen molar-refractivity contribution < 1.29 is 27.6 Å². The van der Waals surface area contributed by atoms with Gasteiger partial charge in [0.25, 0.3) is 16.0 Å². The summed E-state index contributed by atoms with van der Waals surface area (Å²) in [6.07, 6.45) is 0. The van der Waals surface area contributed by atoms with E-state index in [4.69, 9.17) is 16.3 Å². The van der Waals surface area contributed by atoms with Crippen LogP contribution in [0.1, 0.15) is 15.9 Å². The van der Waals surface area contributed by atoms with Gasteiger partial charge in [-0.1, -0.05) is 48.0 Å². The van der Waals surface area contributed by atoms with Crippen molar-refractivity contribution in [2.75, 3.05) is 12.4 Å². The highest BCUT2D eigenvalue weighted by Gasteiger charge is 2.21. The molecular weight excluding hydrogens is 506 g/mol. The second-order valence-corrected chi connectivity index (χ2v) is 9.54. The van der Waals surface area contributed by atoms with E-state index >= 15 is 0 Å². The number of anilines is 1. The molecule has 36 heavy (non-hydrogen) atoms. The van der Waals surface area contributed by atoms with Crippen LogP contribution in [0.15, 0.2) is 81.9 Å². The minimum atomic E-state index is -4.67. The summed E-state index contributed by atoms with van der Waals surface area (Å²) in [5, 5.41) is 23.0. The predicted molar refractivity (Wildman–Crippen MR) is 137 cm³/mol. The number of fused-ring (bicyclic) bond motifs is 1. The molecule has 184 valence electrons. The molecule has 0 fully saturated rings. The Morgan fingerprint density at radius 2 is 1.72 bits per heavy atom. The maximum atomic E-state index is 13.1. The summed E-state index contributed by atoms with van der Waals surface area (Å²) < 4.78 is 38.6. The van der Waals surface area contributed by atoms with Gasteiger partial charge in [0.15, 0.2) is 5.75 Å². The van der Waals surface area contributed by atoms with Gasteiger partial charge in [0, 0.05) is 10.4 Å². The molecule has 1 amide bonds. The summed E-state index contributed by atoms with van der Waals surface area (Å²) in [5.74, 6) is -0.661. The van der Waals surface area contributed by atoms with Crippen LogP contribution in [-0.2, 0) is 10.1 Å². The highest BCUT2D eigenvalue weighted by Crippen LogP contribution is 2.41. The number of rotatable bonds is 6. The Bertz CT molecular complexity index is 1640. The molecule has 9 nitrogen and oxygen atoms in total. The molecule has 0 spiro atoms. The van der Waals surface area contributed by atoms with Crippen molar-refractivity contribution in [2.45, 2.75) is 11.8 Å². The topological polar surface area (TPSA) is 138 Å². The minimum Gasteiger partial charge on any atom is -0.505 e. The van der Waals surface area contributed by atoms with Crippen molar-refractivity contribution >= 4 is 55.5 Å². The molecule has 0 aliphatic rings. The normalized spacial score (nSPS) is 11.7. The Balaban J connectivity index is 1.85. The van der Waals surface area contributed by atoms with E-state index in [9.17, 15) is 22.9 Å². The Morgan fingerprint density at radius 3 is 2.44 bits per heavy atom. The molecule has 0 radical (unpaired) electrons. The van der Waals surface area contributed by atoms with Crippen molar-refractivity contribution in [2.24, 2.45) is 10.2 Å². The number of azo groups is 1. The SMILES string of the molecule is COc1ccccc1NC(=O)c1cc2ccccc2c(N=Nc2cc(C)c(Cl)cc2S(=O)(=O)O)c1O. The number of carbonyl (C=O) groups is 1. The molecule has 0 aliphatic carbocycles. The molecule has 4 rings (SSSR count). The largest absolute Gasteiger partial charge is 0.505 e. The first kappa shape index (κ1) is 25.1. The van der Waals surface area contributed by atoms with E-state index in [0.717, 1.165) is 6.07 Å². The molecule has 0 atom stereocenters. The van der Waals surface area contributed by atoms with Gasteiger partial charge in [0.1, 0.15) is 22.0 Å². The third kappa shape index (κ3) is 5.01. The molecule has 0 heterocycles. The molecule has 0 unspecified atom stereocenters. The summed E-state index contributed by atoms with van der Waals surface area (Å²) in [6, 6.07) is 17.6. The van der Waals surface area contributed by atoms with E-state index in [2.05, 4.69) is 15.5 Å². The number of ether oxygens (including phenoxy) is 1. The number of hydrogen-bond donors (Lipinski definition) is 3. The maximum absolute atomic E-state index is 13.1. The first-order valence-electron chi connectivity index (χ1n) is 10.5. The van der Waals surface area contributed by atoms with Crippen LogP contribution in [0.3, 0.4) is 0 Å². The van der Waals surface area contributed by atoms with Gasteiger partial charge in [-0.25, -0.2) is 0 Å². The lowest BCUT2D eigenvalue weighted by atomic mass is 10.0. The number of nitrogens with one attached hydrogen (secondary N) is 1. The van der Waals surface area contributed by atoms with Crippen LogP contribution in [0.5, 0.6) is 11.5 Å². The monoisotopic (exact) mass is 525 g/mol. The van der Waals surface area contributed by atoms with Crippen LogP contribution in [-0.4, -0.2) is 31.1 Å². The number of nitrogens with zero attached hydrogens (tertiary/aromatic N) is 2. The van der Waals surface area contributed by atoms with Crippen LogP contribution in [0.2, 0.25) is 5.02 Å². The maximum Gasteiger partial charge on any atom is 0.296 e. The number of phenols is 1. The highest BCUT2D eigenvalue weighted by atomic mass is 35.5. The fraction of sp³-hybridized carbons (Fsp3) is 0.0800. The van der Waals surface area contributed by atoms with E-state index in [1.807, 2.05) is 0 Å². The van der Waals surface area contributed by atoms with E-state index in [1.165, 1.54) is 19.2 Å². The predicted octanol–water partition coefficient (Wildman–Crippen LogP) is 6.43. The van der Waals surface area contributed by atoms with Gasteiger partial charge in [0.05, 0.1) is 18.4 Å². The molecule has 0 saturated carbocycles. The van der Waals surface area contributed by atoms with Gasteiger partial charge in [-0.15, -0.1) is 10.2 Å². The summed E-state index contributed by atoms with van der Waals surface area (Å²) in [7, 11) is -3.20. The lowest BCUT2D eigenvalue weighted by Crippen LogP contribution is -2.13. The summed E-state index contributed by atoms with van der Waals surface area (Å²) in [6.45, 7) is 1.63. The minimum absolute atomic E-state index is 0.0628. The molecule has 4 aromatic rings. The van der Waals surface area contributed by atoms with Crippen molar-refractivity contribution in [3.05, 3.63) is 82.9 Å². The Labute approximate surface area is 211 Å². The molecule has 3 N–H and O–H groups in total. The second kappa shape index (κ2) is 9.94. The number of hydrogen-bond acceptors (Lipinski definition) is 7. The number of para-hydroxylation sites is 2. The number of aromatic hydroxyl groups is 1. The standard InChI is InChI=1S/C25H20ClN3O6S/c1-14-11-20(22(13-18(14)26)36(32,33)34)28-29-23-16-8-4-3-7-15(16)12-17(24(23)30)25(31)27-19-9-5-6-10-21(19)35-2/h3-13,30H,1-2H3,(H,27,31)(H,32,33,34). The Morgan fingerprint density at radius 1 is 1.03 bits per heavy atom. The number of methoxy groups -OCH3 is 1. The lowest BCUT2D eigenvalue weighted by Gasteiger charge is -2.13. The molecule has 0 aliphatic heterocycles. The van der Waals surface area contributed by atoms with Crippen LogP contribution in [0.4, 0.5) is 17.1 Å². The summed E-state index contributed by atoms with van der Waals surface area (Å²) >= 11 is 6.01. The number of amides is 1. The van der Waals surface area contributed by atoms with Crippen molar-refractivity contribution in [1.82, 2.24) is 0 Å². The van der Waals surface area contributed by atoms with Crippen molar-refractivity contribution in [1.29, 1.82) is 0 Å². The number of aryl methyl sites for hydroxylation is 1. The molecular formula is C25H20ClN3O6S. The quantitative estimate of drug-likeness (QED) is 0.196. The van der Waals surface area contributed by atoms with Gasteiger partial charge in [0.2, 0.25) is 0 Å². The van der Waals surface area contributed by atoms with Crippen LogP contribution >= 0.6 is 11.6 Å². The summed E-state index contributed by atoms with van der Waals surface area (Å²) in [5.41, 5.74) is 0.557. The highest BCUT2D eigenvalue weighted by molar-refractivity contribution is 7.86. The Hall–Kier alpha value is -3.99. The molecule has 4 aromatic carbocycles. The zero-order valence-electron chi connectivity index (χ0n) is 19.1. The molecule has 11 heteroatoms. The fourth-order valence-electron chi connectivity index (χ4n) is 3.57. The second-order valence-electron chi connectivity index (χ2n) is 7.74.